The van der Waals surface area contributed by atoms with Crippen molar-refractivity contribution in [3.8, 4) is 5.75 Å². The average molecular weight is 337 g/mol. The van der Waals surface area contributed by atoms with Crippen LogP contribution in [0.3, 0.4) is 0 Å². The van der Waals surface area contributed by atoms with Gasteiger partial charge in [0.2, 0.25) is 11.8 Å². The van der Waals surface area contributed by atoms with E-state index in [1.165, 1.54) is 10.5 Å². The van der Waals surface area contributed by atoms with E-state index in [1.54, 1.807) is 24.3 Å². The third-order valence-corrected chi connectivity index (χ3v) is 4.73. The van der Waals surface area contributed by atoms with Gasteiger partial charge in [-0.1, -0.05) is 36.8 Å². The van der Waals surface area contributed by atoms with Crippen molar-refractivity contribution in [3.05, 3.63) is 59.7 Å². The van der Waals surface area contributed by atoms with Gasteiger partial charge in [-0.15, -0.1) is 0 Å². The molecule has 4 nitrogen and oxygen atoms in total. The highest BCUT2D eigenvalue weighted by Gasteiger charge is 2.45. The predicted molar refractivity (Wildman–Crippen MR) is 97.6 cm³/mol. The zero-order valence-electron chi connectivity index (χ0n) is 14.9. The van der Waals surface area contributed by atoms with E-state index in [1.807, 2.05) is 45.0 Å². The molecule has 0 unspecified atom stereocenters. The van der Waals surface area contributed by atoms with Gasteiger partial charge in [-0.05, 0) is 50.1 Å². The summed E-state index contributed by atoms with van der Waals surface area (Å²) in [6.45, 7) is 6.37. The van der Waals surface area contributed by atoms with Crippen LogP contribution < -0.4 is 9.64 Å². The Kier molecular flexibility index (Phi) is 4.88. The van der Waals surface area contributed by atoms with Crippen molar-refractivity contribution < 1.29 is 14.3 Å². The van der Waals surface area contributed by atoms with Crippen molar-refractivity contribution in [2.75, 3.05) is 11.5 Å². The van der Waals surface area contributed by atoms with E-state index in [0.29, 0.717) is 18.7 Å². The van der Waals surface area contributed by atoms with Gasteiger partial charge >= 0.3 is 0 Å². The fourth-order valence-corrected chi connectivity index (χ4v) is 3.22. The molecule has 1 saturated heterocycles. The number of hydrogen-bond donors (Lipinski definition) is 0. The molecule has 0 N–H and O–H groups in total. The summed E-state index contributed by atoms with van der Waals surface area (Å²) in [4.78, 5) is 26.9. The number of anilines is 1. The number of benzene rings is 2. The first-order valence-corrected chi connectivity index (χ1v) is 8.67. The standard InChI is InChI=1S/C21H23NO3/c1-4-25-18-11-9-17(10-12-18)22-20(23)15(3)19(21(22)24)13-16-7-5-14(2)6-8-16/h5-12,15,19H,4,13H2,1-3H3/t15-,19-/m0/s1. The van der Waals surface area contributed by atoms with E-state index in [0.717, 1.165) is 11.3 Å². The number of aryl methyl sites for hydroxylation is 1. The number of imide groups is 1. The van der Waals surface area contributed by atoms with Gasteiger partial charge < -0.3 is 4.74 Å². The Hall–Kier alpha value is -2.62. The van der Waals surface area contributed by atoms with Gasteiger partial charge in [-0.25, -0.2) is 0 Å². The second-order valence-corrected chi connectivity index (χ2v) is 6.52. The second kappa shape index (κ2) is 7.09. The third kappa shape index (κ3) is 3.43. The van der Waals surface area contributed by atoms with Crippen LogP contribution in [0.25, 0.3) is 0 Å². The van der Waals surface area contributed by atoms with Gasteiger partial charge in [-0.2, -0.15) is 0 Å². The van der Waals surface area contributed by atoms with Crippen molar-refractivity contribution in [1.29, 1.82) is 0 Å². The molecule has 4 heteroatoms. The summed E-state index contributed by atoms with van der Waals surface area (Å²) >= 11 is 0. The summed E-state index contributed by atoms with van der Waals surface area (Å²) < 4.78 is 5.42. The average Bonchev–Trinajstić information content (AvgIpc) is 2.82. The van der Waals surface area contributed by atoms with Gasteiger partial charge in [-0.3, -0.25) is 14.5 Å². The zero-order valence-corrected chi connectivity index (χ0v) is 14.9. The van der Waals surface area contributed by atoms with E-state index < -0.39 is 0 Å². The molecule has 0 aliphatic carbocycles. The number of carbonyl (C=O) groups is 2. The van der Waals surface area contributed by atoms with Crippen LogP contribution in [-0.4, -0.2) is 18.4 Å². The molecule has 25 heavy (non-hydrogen) atoms. The SMILES string of the molecule is CCOc1ccc(N2C(=O)[C@@H](C)[C@H](Cc3ccc(C)cc3)C2=O)cc1. The highest BCUT2D eigenvalue weighted by molar-refractivity contribution is 6.22. The summed E-state index contributed by atoms with van der Waals surface area (Å²) in [6, 6.07) is 15.2. The minimum absolute atomic E-state index is 0.123. The molecule has 2 amide bonds. The Morgan fingerprint density at radius 1 is 0.960 bits per heavy atom. The molecule has 2 atom stereocenters. The lowest BCUT2D eigenvalue weighted by Gasteiger charge is -2.15. The van der Waals surface area contributed by atoms with Crippen molar-refractivity contribution in [3.63, 3.8) is 0 Å². The molecular formula is C21H23NO3. The predicted octanol–water partition coefficient (Wildman–Crippen LogP) is 3.76. The lowest BCUT2D eigenvalue weighted by atomic mass is 9.90. The van der Waals surface area contributed by atoms with Crippen LogP contribution in [0.5, 0.6) is 5.75 Å². The first kappa shape index (κ1) is 17.2. The molecule has 2 aromatic rings. The normalized spacial score (nSPS) is 20.2. The molecule has 0 aromatic heterocycles. The number of hydrogen-bond acceptors (Lipinski definition) is 3. The fourth-order valence-electron chi connectivity index (χ4n) is 3.22. The van der Waals surface area contributed by atoms with E-state index in [-0.39, 0.29) is 23.7 Å². The minimum Gasteiger partial charge on any atom is -0.494 e. The van der Waals surface area contributed by atoms with E-state index in [9.17, 15) is 9.59 Å². The Bertz CT molecular complexity index is 765. The van der Waals surface area contributed by atoms with Gasteiger partial charge in [0, 0.05) is 5.92 Å². The number of carbonyl (C=O) groups excluding carboxylic acids is 2. The molecule has 0 spiro atoms. The zero-order chi connectivity index (χ0) is 18.0. The molecule has 1 heterocycles. The molecule has 1 aliphatic rings. The van der Waals surface area contributed by atoms with Gasteiger partial charge in [0.25, 0.3) is 0 Å². The Morgan fingerprint density at radius 3 is 2.20 bits per heavy atom. The molecule has 1 aliphatic heterocycles. The van der Waals surface area contributed by atoms with E-state index in [4.69, 9.17) is 4.74 Å². The Balaban J connectivity index is 1.81. The molecule has 0 bridgehead atoms. The number of amides is 2. The van der Waals surface area contributed by atoms with Crippen LogP contribution in [0.15, 0.2) is 48.5 Å². The van der Waals surface area contributed by atoms with Gasteiger partial charge in [0.05, 0.1) is 18.2 Å². The lowest BCUT2D eigenvalue weighted by molar-refractivity contribution is -0.122. The third-order valence-electron chi connectivity index (χ3n) is 4.73. The monoisotopic (exact) mass is 337 g/mol. The maximum Gasteiger partial charge on any atom is 0.238 e. The van der Waals surface area contributed by atoms with Crippen LogP contribution in [0.2, 0.25) is 0 Å². The lowest BCUT2D eigenvalue weighted by Crippen LogP contribution is -2.31. The van der Waals surface area contributed by atoms with Crippen LogP contribution in [0.4, 0.5) is 5.69 Å². The largest absolute Gasteiger partial charge is 0.494 e. The number of ether oxygens (including phenoxy) is 1. The van der Waals surface area contributed by atoms with Crippen LogP contribution in [-0.2, 0) is 16.0 Å². The second-order valence-electron chi connectivity index (χ2n) is 6.52. The van der Waals surface area contributed by atoms with E-state index >= 15 is 0 Å². The maximum atomic E-state index is 12.9. The fraction of sp³-hybridized carbons (Fsp3) is 0.333. The molecule has 0 radical (unpaired) electrons. The summed E-state index contributed by atoms with van der Waals surface area (Å²) in [5.74, 6) is -0.162. The molecular weight excluding hydrogens is 314 g/mol. The molecule has 130 valence electrons. The summed E-state index contributed by atoms with van der Waals surface area (Å²) in [5.41, 5.74) is 2.87. The summed E-state index contributed by atoms with van der Waals surface area (Å²) in [5, 5.41) is 0. The molecule has 2 aromatic carbocycles. The smallest absolute Gasteiger partial charge is 0.238 e. The van der Waals surface area contributed by atoms with Crippen LogP contribution in [0, 0.1) is 18.8 Å². The Morgan fingerprint density at radius 2 is 1.60 bits per heavy atom. The maximum absolute atomic E-state index is 12.9. The van der Waals surface area contributed by atoms with Crippen molar-refractivity contribution in [1.82, 2.24) is 0 Å². The summed E-state index contributed by atoms with van der Waals surface area (Å²) in [6.07, 6.45) is 0.583. The minimum atomic E-state index is -0.319. The highest BCUT2D eigenvalue weighted by atomic mass is 16.5. The molecule has 1 fully saturated rings. The van der Waals surface area contributed by atoms with Crippen LogP contribution >= 0.6 is 0 Å². The van der Waals surface area contributed by atoms with Gasteiger partial charge in [0.15, 0.2) is 0 Å². The first-order chi connectivity index (χ1) is 12.0. The van der Waals surface area contributed by atoms with Gasteiger partial charge in [0.1, 0.15) is 5.75 Å². The first-order valence-electron chi connectivity index (χ1n) is 8.67. The van der Waals surface area contributed by atoms with E-state index in [2.05, 4.69) is 0 Å². The summed E-state index contributed by atoms with van der Waals surface area (Å²) in [7, 11) is 0. The van der Waals surface area contributed by atoms with Crippen LogP contribution in [0.1, 0.15) is 25.0 Å². The number of rotatable bonds is 5. The molecule has 3 rings (SSSR count). The van der Waals surface area contributed by atoms with Crippen molar-refractivity contribution in [2.45, 2.75) is 27.2 Å². The van der Waals surface area contributed by atoms with Crippen molar-refractivity contribution >= 4 is 17.5 Å². The quantitative estimate of drug-likeness (QED) is 0.781. The Labute approximate surface area is 148 Å². The number of nitrogens with zero attached hydrogens (tertiary/aromatic N) is 1. The topological polar surface area (TPSA) is 46.6 Å². The van der Waals surface area contributed by atoms with Crippen molar-refractivity contribution in [2.24, 2.45) is 11.8 Å². The molecule has 0 saturated carbocycles. The highest BCUT2D eigenvalue weighted by Crippen LogP contribution is 2.33.